The Bertz CT molecular complexity index is 730. The molecule has 3 aliphatic heterocycles. The standard InChI is InChI=1S/C17H17NO6/c1-8(9-2-3-10-13(6-9)23-7-22-10)18-16(19)14-11-4-5-12(24-11)15(14)17(20)21/h2-6,8,11-12,14-15H,7H2,1H3,(H,18,19)(H,20,21)/t8-,11-,12+,14+,15-/m0/s1. The van der Waals surface area contributed by atoms with Crippen molar-refractivity contribution < 1.29 is 28.9 Å². The number of nitrogens with one attached hydrogen (secondary N) is 1. The SMILES string of the molecule is C[C@H](NC(=O)[C@H]1[C@@H](C(=O)O)[C@H]2C=C[C@@H]1O2)c1ccc2c(c1)OCO2. The van der Waals surface area contributed by atoms with E-state index in [2.05, 4.69) is 5.32 Å². The van der Waals surface area contributed by atoms with Gasteiger partial charge in [0.25, 0.3) is 0 Å². The van der Waals surface area contributed by atoms with Crippen molar-refractivity contribution in [2.24, 2.45) is 11.8 Å². The molecular weight excluding hydrogens is 314 g/mol. The van der Waals surface area contributed by atoms with Crippen LogP contribution in [0.5, 0.6) is 11.5 Å². The van der Waals surface area contributed by atoms with Crippen molar-refractivity contribution >= 4 is 11.9 Å². The van der Waals surface area contributed by atoms with Crippen LogP contribution in [-0.4, -0.2) is 36.0 Å². The molecule has 2 N–H and O–H groups in total. The van der Waals surface area contributed by atoms with Crippen LogP contribution < -0.4 is 14.8 Å². The number of benzene rings is 1. The van der Waals surface area contributed by atoms with Crippen molar-refractivity contribution in [3.8, 4) is 11.5 Å². The molecule has 0 spiro atoms. The molecule has 2 bridgehead atoms. The number of carbonyl (C=O) groups excluding carboxylic acids is 1. The lowest BCUT2D eigenvalue weighted by Crippen LogP contribution is -2.43. The molecule has 1 fully saturated rings. The third kappa shape index (κ3) is 2.32. The molecule has 3 aliphatic rings. The van der Waals surface area contributed by atoms with E-state index in [1.807, 2.05) is 19.1 Å². The van der Waals surface area contributed by atoms with Crippen molar-refractivity contribution in [2.75, 3.05) is 6.79 Å². The highest BCUT2D eigenvalue weighted by atomic mass is 16.7. The highest BCUT2D eigenvalue weighted by molar-refractivity contribution is 5.87. The second kappa shape index (κ2) is 5.52. The quantitative estimate of drug-likeness (QED) is 0.807. The Morgan fingerprint density at radius 1 is 1.17 bits per heavy atom. The molecule has 1 aromatic rings. The highest BCUT2D eigenvalue weighted by Gasteiger charge is 2.53. The van der Waals surface area contributed by atoms with Gasteiger partial charge in [0, 0.05) is 0 Å². The highest BCUT2D eigenvalue weighted by Crippen LogP contribution is 2.40. The van der Waals surface area contributed by atoms with Gasteiger partial charge in [-0.1, -0.05) is 18.2 Å². The average Bonchev–Trinajstić information content (AvgIpc) is 3.28. The lowest BCUT2D eigenvalue weighted by molar-refractivity contribution is -0.146. The van der Waals surface area contributed by atoms with E-state index in [1.165, 1.54) is 0 Å². The Labute approximate surface area is 138 Å². The van der Waals surface area contributed by atoms with E-state index in [-0.39, 0.29) is 18.7 Å². The molecule has 7 nitrogen and oxygen atoms in total. The number of carbonyl (C=O) groups is 2. The third-order valence-electron chi connectivity index (χ3n) is 4.74. The van der Waals surface area contributed by atoms with Crippen LogP contribution >= 0.6 is 0 Å². The third-order valence-corrected chi connectivity index (χ3v) is 4.74. The maximum atomic E-state index is 12.6. The van der Waals surface area contributed by atoms with Crippen LogP contribution in [0.1, 0.15) is 18.5 Å². The van der Waals surface area contributed by atoms with Crippen LogP contribution in [0.25, 0.3) is 0 Å². The van der Waals surface area contributed by atoms with Gasteiger partial charge in [-0.2, -0.15) is 0 Å². The van der Waals surface area contributed by atoms with Crippen LogP contribution in [0, 0.1) is 11.8 Å². The summed E-state index contributed by atoms with van der Waals surface area (Å²) in [4.78, 5) is 24.1. The number of amides is 1. The van der Waals surface area contributed by atoms with Gasteiger partial charge in [-0.25, -0.2) is 0 Å². The number of carboxylic acids is 1. The molecule has 1 aromatic carbocycles. The van der Waals surface area contributed by atoms with E-state index in [9.17, 15) is 14.7 Å². The Morgan fingerprint density at radius 3 is 2.62 bits per heavy atom. The molecular formula is C17H17NO6. The molecule has 3 heterocycles. The zero-order valence-electron chi connectivity index (χ0n) is 13.0. The smallest absolute Gasteiger partial charge is 0.310 e. The van der Waals surface area contributed by atoms with Crippen molar-refractivity contribution in [2.45, 2.75) is 25.2 Å². The van der Waals surface area contributed by atoms with Gasteiger partial charge in [-0.15, -0.1) is 0 Å². The Kier molecular flexibility index (Phi) is 3.45. The fraction of sp³-hybridized carbons (Fsp3) is 0.412. The van der Waals surface area contributed by atoms with Crippen LogP contribution in [-0.2, 0) is 14.3 Å². The summed E-state index contributed by atoms with van der Waals surface area (Å²) < 4.78 is 16.1. The molecule has 0 aliphatic carbocycles. The minimum atomic E-state index is -1.01. The first-order valence-electron chi connectivity index (χ1n) is 7.81. The second-order valence-electron chi connectivity index (χ2n) is 6.18. The van der Waals surface area contributed by atoms with Crippen molar-refractivity contribution in [1.82, 2.24) is 5.32 Å². The topological polar surface area (TPSA) is 94.1 Å². The van der Waals surface area contributed by atoms with Gasteiger partial charge in [0.05, 0.1) is 24.2 Å². The maximum Gasteiger partial charge on any atom is 0.310 e. The van der Waals surface area contributed by atoms with Gasteiger partial charge >= 0.3 is 5.97 Å². The summed E-state index contributed by atoms with van der Waals surface area (Å²) in [6.07, 6.45) is 2.48. The summed E-state index contributed by atoms with van der Waals surface area (Å²) in [7, 11) is 0. The molecule has 0 radical (unpaired) electrons. The molecule has 1 amide bonds. The Hall–Kier alpha value is -2.54. The summed E-state index contributed by atoms with van der Waals surface area (Å²) in [5.74, 6) is -1.57. The molecule has 5 atom stereocenters. The molecule has 1 saturated heterocycles. The van der Waals surface area contributed by atoms with E-state index in [0.717, 1.165) is 5.56 Å². The first-order chi connectivity index (χ1) is 11.5. The lowest BCUT2D eigenvalue weighted by Gasteiger charge is -2.23. The average molecular weight is 331 g/mol. The zero-order chi connectivity index (χ0) is 16.8. The molecule has 7 heteroatoms. The van der Waals surface area contributed by atoms with E-state index in [1.54, 1.807) is 18.2 Å². The van der Waals surface area contributed by atoms with Gasteiger partial charge in [-0.3, -0.25) is 9.59 Å². The van der Waals surface area contributed by atoms with Crippen molar-refractivity contribution in [1.29, 1.82) is 0 Å². The first kappa shape index (κ1) is 15.0. The van der Waals surface area contributed by atoms with Crippen LogP contribution in [0.2, 0.25) is 0 Å². The minimum Gasteiger partial charge on any atom is -0.481 e. The number of fused-ring (bicyclic) bond motifs is 3. The summed E-state index contributed by atoms with van der Waals surface area (Å²) in [6, 6.07) is 5.18. The number of hydrogen-bond donors (Lipinski definition) is 2. The number of ether oxygens (including phenoxy) is 3. The van der Waals surface area contributed by atoms with E-state index < -0.39 is 30.0 Å². The van der Waals surface area contributed by atoms with Gasteiger partial charge in [-0.05, 0) is 24.6 Å². The van der Waals surface area contributed by atoms with E-state index in [4.69, 9.17) is 14.2 Å². The summed E-state index contributed by atoms with van der Waals surface area (Å²) in [5.41, 5.74) is 0.860. The van der Waals surface area contributed by atoms with E-state index >= 15 is 0 Å². The van der Waals surface area contributed by atoms with Crippen LogP contribution in [0.4, 0.5) is 0 Å². The number of hydrogen-bond acceptors (Lipinski definition) is 5. The fourth-order valence-corrected chi connectivity index (χ4v) is 3.49. The maximum absolute atomic E-state index is 12.6. The predicted octanol–water partition coefficient (Wildman–Crippen LogP) is 1.25. The second-order valence-corrected chi connectivity index (χ2v) is 6.18. The van der Waals surface area contributed by atoms with Crippen LogP contribution in [0.15, 0.2) is 30.4 Å². The summed E-state index contributed by atoms with van der Waals surface area (Å²) in [5, 5.41) is 12.3. The first-order valence-corrected chi connectivity index (χ1v) is 7.81. The number of carboxylic acid groups (broad SMARTS) is 1. The van der Waals surface area contributed by atoms with Crippen molar-refractivity contribution in [3.05, 3.63) is 35.9 Å². The fourth-order valence-electron chi connectivity index (χ4n) is 3.49. The molecule has 24 heavy (non-hydrogen) atoms. The zero-order valence-corrected chi connectivity index (χ0v) is 13.0. The van der Waals surface area contributed by atoms with Gasteiger partial charge in [0.2, 0.25) is 12.7 Å². The van der Waals surface area contributed by atoms with Gasteiger partial charge in [0.15, 0.2) is 11.5 Å². The monoisotopic (exact) mass is 331 g/mol. The number of aliphatic carboxylic acids is 1. The predicted molar refractivity (Wildman–Crippen MR) is 81.5 cm³/mol. The molecule has 0 saturated carbocycles. The van der Waals surface area contributed by atoms with Crippen LogP contribution in [0.3, 0.4) is 0 Å². The van der Waals surface area contributed by atoms with E-state index in [0.29, 0.717) is 11.5 Å². The summed E-state index contributed by atoms with van der Waals surface area (Å²) >= 11 is 0. The molecule has 4 rings (SSSR count). The normalized spacial score (nSPS) is 30.4. The molecule has 126 valence electrons. The Balaban J connectivity index is 1.49. The molecule has 0 aromatic heterocycles. The minimum absolute atomic E-state index is 0.189. The Morgan fingerprint density at radius 2 is 1.88 bits per heavy atom. The van der Waals surface area contributed by atoms with Gasteiger partial charge < -0.3 is 24.6 Å². The van der Waals surface area contributed by atoms with Gasteiger partial charge in [0.1, 0.15) is 5.92 Å². The number of rotatable bonds is 4. The summed E-state index contributed by atoms with van der Waals surface area (Å²) in [6.45, 7) is 2.03. The largest absolute Gasteiger partial charge is 0.481 e. The van der Waals surface area contributed by atoms with Crippen molar-refractivity contribution in [3.63, 3.8) is 0 Å². The lowest BCUT2D eigenvalue weighted by atomic mass is 9.82. The molecule has 0 unspecified atom stereocenters.